The van der Waals surface area contributed by atoms with Crippen LogP contribution in [0.1, 0.15) is 44.1 Å². The summed E-state index contributed by atoms with van der Waals surface area (Å²) in [6, 6.07) is -0.0964. The summed E-state index contributed by atoms with van der Waals surface area (Å²) < 4.78 is 38.1. The van der Waals surface area contributed by atoms with Gasteiger partial charge in [0.25, 0.3) is 5.92 Å². The van der Waals surface area contributed by atoms with Crippen molar-refractivity contribution in [3.05, 3.63) is 18.0 Å². The van der Waals surface area contributed by atoms with Crippen LogP contribution in [0.4, 0.5) is 26.2 Å². The molecular formula is C22H26F2N6O4. The van der Waals surface area contributed by atoms with Crippen LogP contribution in [0.5, 0.6) is 5.88 Å². The molecule has 182 valence electrons. The van der Waals surface area contributed by atoms with Crippen molar-refractivity contribution in [3.63, 3.8) is 0 Å². The fourth-order valence-corrected chi connectivity index (χ4v) is 5.24. The molecule has 0 bridgehead atoms. The van der Waals surface area contributed by atoms with Crippen molar-refractivity contribution in [2.75, 3.05) is 30.0 Å². The number of alkyl halides is 2. The third-order valence-electron chi connectivity index (χ3n) is 7.37. The van der Waals surface area contributed by atoms with E-state index < -0.39 is 30.0 Å². The van der Waals surface area contributed by atoms with Gasteiger partial charge in [-0.15, -0.1) is 0 Å². The maximum absolute atomic E-state index is 13.8. The molecule has 1 saturated heterocycles. The number of H-pyrrole nitrogens is 1. The van der Waals surface area contributed by atoms with Gasteiger partial charge in [0.15, 0.2) is 0 Å². The summed E-state index contributed by atoms with van der Waals surface area (Å²) in [5.41, 5.74) is 0.692. The van der Waals surface area contributed by atoms with E-state index in [1.54, 1.807) is 11.1 Å². The Kier molecular flexibility index (Phi) is 4.99. The summed E-state index contributed by atoms with van der Waals surface area (Å²) in [7, 11) is 0. The minimum atomic E-state index is -2.93. The molecule has 0 radical (unpaired) electrons. The van der Waals surface area contributed by atoms with Gasteiger partial charge in [0, 0.05) is 17.8 Å². The number of amides is 1. The predicted octanol–water partition coefficient (Wildman–Crippen LogP) is 2.29. The number of rotatable bonds is 6. The Hall–Kier alpha value is -2.86. The SMILES string of the molecule is O=C1N([C@@H]2CCC[C@@H](O)C2)c2nc(Nc3cn[nH]c3OC[C@H]3COCC3(F)F)ncc2C12CC2. The number of halogens is 2. The highest BCUT2D eigenvalue weighted by Gasteiger charge is 2.61. The van der Waals surface area contributed by atoms with Crippen LogP contribution >= 0.6 is 0 Å². The second kappa shape index (κ2) is 7.84. The van der Waals surface area contributed by atoms with Gasteiger partial charge in [0.05, 0.1) is 30.2 Å². The first-order chi connectivity index (χ1) is 16.4. The number of anilines is 3. The van der Waals surface area contributed by atoms with Crippen LogP contribution in [0.3, 0.4) is 0 Å². The lowest BCUT2D eigenvalue weighted by molar-refractivity contribution is -0.121. The third-order valence-corrected chi connectivity index (χ3v) is 7.37. The fraction of sp³-hybridized carbons (Fsp3) is 0.636. The van der Waals surface area contributed by atoms with Gasteiger partial charge in [-0.3, -0.25) is 9.69 Å². The first-order valence-electron chi connectivity index (χ1n) is 11.7. The minimum absolute atomic E-state index is 0.0418. The van der Waals surface area contributed by atoms with E-state index in [2.05, 4.69) is 25.5 Å². The number of aliphatic hydroxyl groups excluding tert-OH is 1. The predicted molar refractivity (Wildman–Crippen MR) is 115 cm³/mol. The number of carbonyl (C=O) groups excluding carboxylic acids is 1. The van der Waals surface area contributed by atoms with Gasteiger partial charge in [-0.1, -0.05) is 0 Å². The zero-order valence-corrected chi connectivity index (χ0v) is 18.5. The Morgan fingerprint density at radius 2 is 2.18 bits per heavy atom. The van der Waals surface area contributed by atoms with Crippen molar-refractivity contribution in [3.8, 4) is 5.88 Å². The summed E-state index contributed by atoms with van der Waals surface area (Å²) in [6.45, 7) is -0.907. The van der Waals surface area contributed by atoms with Gasteiger partial charge < -0.3 is 19.9 Å². The summed E-state index contributed by atoms with van der Waals surface area (Å²) in [5.74, 6) is -2.92. The van der Waals surface area contributed by atoms with Crippen molar-refractivity contribution in [2.24, 2.45) is 5.92 Å². The van der Waals surface area contributed by atoms with Crippen molar-refractivity contribution in [1.29, 1.82) is 0 Å². The van der Waals surface area contributed by atoms with Crippen LogP contribution in [-0.2, 0) is 14.9 Å². The summed E-state index contributed by atoms with van der Waals surface area (Å²) in [4.78, 5) is 24.2. The van der Waals surface area contributed by atoms with E-state index in [-0.39, 0.29) is 37.0 Å². The van der Waals surface area contributed by atoms with E-state index in [4.69, 9.17) is 9.47 Å². The van der Waals surface area contributed by atoms with Gasteiger partial charge in [0.1, 0.15) is 24.7 Å². The number of aliphatic hydroxyl groups is 1. The zero-order valence-electron chi connectivity index (χ0n) is 18.5. The summed E-state index contributed by atoms with van der Waals surface area (Å²) in [6.07, 6.45) is 7.22. The fourth-order valence-electron chi connectivity index (χ4n) is 5.24. The number of carbonyl (C=O) groups is 1. The highest BCUT2D eigenvalue weighted by Crippen LogP contribution is 2.57. The van der Waals surface area contributed by atoms with E-state index in [0.29, 0.717) is 17.9 Å². The third kappa shape index (κ3) is 3.50. The molecule has 2 aromatic rings. The monoisotopic (exact) mass is 476 g/mol. The summed E-state index contributed by atoms with van der Waals surface area (Å²) in [5, 5.41) is 19.8. The van der Waals surface area contributed by atoms with Gasteiger partial charge in [-0.05, 0) is 38.5 Å². The van der Waals surface area contributed by atoms with E-state index >= 15 is 0 Å². The number of ether oxygens (including phenoxy) is 2. The molecule has 3 atom stereocenters. The van der Waals surface area contributed by atoms with Gasteiger partial charge in [-0.2, -0.15) is 10.1 Å². The molecule has 3 fully saturated rings. The molecule has 2 saturated carbocycles. The van der Waals surface area contributed by atoms with E-state index in [1.165, 1.54) is 6.20 Å². The minimum Gasteiger partial charge on any atom is -0.476 e. The van der Waals surface area contributed by atoms with E-state index in [9.17, 15) is 18.7 Å². The van der Waals surface area contributed by atoms with Gasteiger partial charge in [0.2, 0.25) is 17.7 Å². The Labute approximate surface area is 194 Å². The molecule has 0 aromatic carbocycles. The number of nitrogens with zero attached hydrogens (tertiary/aromatic N) is 4. The average molecular weight is 476 g/mol. The molecule has 6 rings (SSSR count). The van der Waals surface area contributed by atoms with Crippen LogP contribution in [0.15, 0.2) is 12.4 Å². The van der Waals surface area contributed by atoms with Crippen LogP contribution in [-0.4, -0.2) is 69.1 Å². The molecule has 3 N–H and O–H groups in total. The molecule has 1 amide bonds. The number of aromatic nitrogens is 4. The van der Waals surface area contributed by atoms with Gasteiger partial charge in [-0.25, -0.2) is 18.9 Å². The molecular weight excluding hydrogens is 450 g/mol. The number of hydrogen-bond acceptors (Lipinski definition) is 8. The largest absolute Gasteiger partial charge is 0.476 e. The van der Waals surface area contributed by atoms with Crippen molar-refractivity contribution >= 4 is 23.4 Å². The Bertz CT molecular complexity index is 1110. The highest BCUT2D eigenvalue weighted by molar-refractivity contribution is 6.09. The second-order valence-electron chi connectivity index (χ2n) is 9.68. The van der Waals surface area contributed by atoms with Crippen LogP contribution < -0.4 is 15.0 Å². The molecule has 0 unspecified atom stereocenters. The molecule has 12 heteroatoms. The molecule has 4 aliphatic rings. The topological polar surface area (TPSA) is 125 Å². The van der Waals surface area contributed by atoms with Crippen molar-refractivity contribution < 1.29 is 28.2 Å². The van der Waals surface area contributed by atoms with Crippen LogP contribution in [0, 0.1) is 5.92 Å². The van der Waals surface area contributed by atoms with Crippen molar-refractivity contribution in [1.82, 2.24) is 20.2 Å². The number of hydrogen-bond donors (Lipinski definition) is 3. The first kappa shape index (κ1) is 21.7. The molecule has 2 aromatic heterocycles. The number of nitrogens with one attached hydrogen (secondary N) is 2. The second-order valence-corrected chi connectivity index (χ2v) is 9.68. The molecule has 1 spiro atoms. The average Bonchev–Trinajstić information content (AvgIpc) is 3.29. The first-order valence-corrected chi connectivity index (χ1v) is 11.7. The van der Waals surface area contributed by atoms with Crippen LogP contribution in [0.2, 0.25) is 0 Å². The summed E-state index contributed by atoms with van der Waals surface area (Å²) >= 11 is 0. The zero-order chi connectivity index (χ0) is 23.5. The Morgan fingerprint density at radius 1 is 1.32 bits per heavy atom. The van der Waals surface area contributed by atoms with E-state index in [1.807, 2.05) is 0 Å². The molecule has 2 aliphatic carbocycles. The normalized spacial score (nSPS) is 28.9. The smallest absolute Gasteiger partial charge is 0.279 e. The standard InChI is InChI=1S/C22H26F2N6O4/c23-22(24)11-33-9-12(22)10-34-18-16(8-26-29-18)27-20-25-7-15-17(28-20)30(19(32)21(15)4-5-21)13-2-1-3-14(31)6-13/h7-8,12-14,31H,1-6,9-11H2,(H,26,29)(H,25,27,28)/t12-,13-,14-/m1/s1. The van der Waals surface area contributed by atoms with E-state index in [0.717, 1.165) is 37.7 Å². The number of aromatic amines is 1. The number of fused-ring (bicyclic) bond motifs is 2. The lowest BCUT2D eigenvalue weighted by atomic mass is 9.92. The lowest BCUT2D eigenvalue weighted by Gasteiger charge is -2.33. The molecule has 10 nitrogen and oxygen atoms in total. The molecule has 34 heavy (non-hydrogen) atoms. The molecule has 4 heterocycles. The maximum atomic E-state index is 13.8. The lowest BCUT2D eigenvalue weighted by Crippen LogP contribution is -2.44. The maximum Gasteiger partial charge on any atom is 0.279 e. The highest BCUT2D eigenvalue weighted by atomic mass is 19.3. The quantitative estimate of drug-likeness (QED) is 0.580. The van der Waals surface area contributed by atoms with Gasteiger partial charge >= 0.3 is 0 Å². The Morgan fingerprint density at radius 3 is 2.91 bits per heavy atom. The van der Waals surface area contributed by atoms with Crippen LogP contribution in [0.25, 0.3) is 0 Å². The molecule has 2 aliphatic heterocycles. The van der Waals surface area contributed by atoms with Crippen molar-refractivity contribution in [2.45, 2.75) is 62.0 Å². The Balaban J connectivity index is 1.23.